The lowest BCUT2D eigenvalue weighted by Gasteiger charge is -2.31. The zero-order valence-electron chi connectivity index (χ0n) is 11.9. The second kappa shape index (κ2) is 4.94. The van der Waals surface area contributed by atoms with E-state index in [-0.39, 0.29) is 0 Å². The second-order valence-electron chi connectivity index (χ2n) is 5.33. The van der Waals surface area contributed by atoms with Crippen LogP contribution in [-0.4, -0.2) is 14.5 Å². The minimum absolute atomic E-state index is 0.535. The molecule has 4 nitrogen and oxygen atoms in total. The van der Waals surface area contributed by atoms with E-state index in [2.05, 4.69) is 4.72 Å². The van der Waals surface area contributed by atoms with Crippen molar-refractivity contribution in [1.82, 2.24) is 4.72 Å². The zero-order chi connectivity index (χ0) is 15.1. The lowest BCUT2D eigenvalue weighted by Crippen LogP contribution is -2.45. The molecular weight excluding hydrogens is 286 g/mol. The lowest BCUT2D eigenvalue weighted by atomic mass is 9.79. The molecule has 110 valence electrons. The van der Waals surface area contributed by atoms with Gasteiger partial charge in [-0.15, -0.1) is 0 Å². The Hall–Kier alpha value is -1.69. The van der Waals surface area contributed by atoms with E-state index in [9.17, 15) is 8.42 Å². The van der Waals surface area contributed by atoms with Crippen molar-refractivity contribution in [2.45, 2.75) is 25.5 Å². The Labute approximate surface area is 125 Å². The van der Waals surface area contributed by atoms with Crippen molar-refractivity contribution in [3.63, 3.8) is 0 Å². The molecule has 2 aromatic carbocycles. The fraction of sp³-hybridized carbons (Fsp3) is 0.250. The Morgan fingerprint density at radius 2 is 1.57 bits per heavy atom. The first kappa shape index (κ1) is 14.3. The van der Waals surface area contributed by atoms with Crippen molar-refractivity contribution < 1.29 is 12.6 Å². The zero-order valence-corrected chi connectivity index (χ0v) is 12.7. The van der Waals surface area contributed by atoms with E-state index in [0.29, 0.717) is 0 Å². The average molecular weight is 303 g/mol. The highest BCUT2D eigenvalue weighted by Gasteiger charge is 2.51. The summed E-state index contributed by atoms with van der Waals surface area (Å²) in [5, 5.41) is 0. The highest BCUT2D eigenvalue weighted by molar-refractivity contribution is 7.85. The van der Waals surface area contributed by atoms with Crippen LogP contribution in [0, 0.1) is 6.92 Å². The van der Waals surface area contributed by atoms with E-state index in [1.54, 1.807) is 6.92 Å². The molecule has 0 spiro atoms. The van der Waals surface area contributed by atoms with Crippen LogP contribution in [0.25, 0.3) is 0 Å². The molecule has 0 aromatic heterocycles. The molecule has 0 amide bonds. The van der Waals surface area contributed by atoms with E-state index >= 15 is 0 Å². The lowest BCUT2D eigenvalue weighted by molar-refractivity contribution is 0.195. The van der Waals surface area contributed by atoms with Gasteiger partial charge in [0.25, 0.3) is 0 Å². The Bertz CT molecular complexity index is 741. The van der Waals surface area contributed by atoms with Crippen LogP contribution in [0.1, 0.15) is 23.6 Å². The molecule has 0 aliphatic carbocycles. The smallest absolute Gasteiger partial charge is 0.252 e. The van der Waals surface area contributed by atoms with Gasteiger partial charge in [-0.2, -0.15) is 13.1 Å². The van der Waals surface area contributed by atoms with Crippen LogP contribution in [0.3, 0.4) is 0 Å². The van der Waals surface area contributed by atoms with E-state index in [4.69, 9.17) is 4.18 Å². The highest BCUT2D eigenvalue weighted by Crippen LogP contribution is 2.40. The molecule has 2 aromatic rings. The number of hydrogen-bond donors (Lipinski definition) is 1. The molecule has 0 bridgehead atoms. The molecule has 1 aliphatic rings. The molecule has 2 atom stereocenters. The topological polar surface area (TPSA) is 55.4 Å². The average Bonchev–Trinajstić information content (AvgIpc) is 2.71. The van der Waals surface area contributed by atoms with Crippen molar-refractivity contribution in [2.75, 3.05) is 0 Å². The second-order valence-corrected chi connectivity index (χ2v) is 6.64. The van der Waals surface area contributed by atoms with Gasteiger partial charge in [0, 0.05) is 0 Å². The SMILES string of the molecule is Cc1ccc(C2(c3ccccc3)NS(=O)(=O)OC2C)cc1. The fourth-order valence-corrected chi connectivity index (χ4v) is 4.21. The minimum Gasteiger partial charge on any atom is -0.252 e. The first-order chi connectivity index (χ1) is 9.94. The van der Waals surface area contributed by atoms with Gasteiger partial charge in [0.2, 0.25) is 0 Å². The molecule has 21 heavy (non-hydrogen) atoms. The van der Waals surface area contributed by atoms with Crippen LogP contribution in [0.2, 0.25) is 0 Å². The molecule has 1 heterocycles. The molecule has 1 N–H and O–H groups in total. The molecule has 1 aliphatic heterocycles. The molecule has 1 saturated heterocycles. The summed E-state index contributed by atoms with van der Waals surface area (Å²) in [5.41, 5.74) is 1.96. The van der Waals surface area contributed by atoms with Crippen LogP contribution in [0.15, 0.2) is 54.6 Å². The summed E-state index contributed by atoms with van der Waals surface area (Å²) < 4.78 is 31.7. The maximum atomic E-state index is 11.9. The number of hydrogen-bond acceptors (Lipinski definition) is 3. The summed E-state index contributed by atoms with van der Waals surface area (Å²) in [6.45, 7) is 3.77. The van der Waals surface area contributed by atoms with Gasteiger partial charge in [-0.1, -0.05) is 60.2 Å². The maximum absolute atomic E-state index is 11.9. The fourth-order valence-electron chi connectivity index (χ4n) is 2.84. The Kier molecular flexibility index (Phi) is 3.36. The van der Waals surface area contributed by atoms with Gasteiger partial charge in [-0.05, 0) is 25.0 Å². The third-order valence-corrected chi connectivity index (χ3v) is 5.02. The van der Waals surface area contributed by atoms with Gasteiger partial charge in [0.1, 0.15) is 11.6 Å². The van der Waals surface area contributed by atoms with Crippen molar-refractivity contribution in [1.29, 1.82) is 0 Å². The number of benzene rings is 2. The van der Waals surface area contributed by atoms with Gasteiger partial charge in [-0.3, -0.25) is 4.18 Å². The van der Waals surface area contributed by atoms with Gasteiger partial charge < -0.3 is 0 Å². The predicted molar refractivity (Wildman–Crippen MR) is 81.0 cm³/mol. The third-order valence-electron chi connectivity index (χ3n) is 3.90. The quantitative estimate of drug-likeness (QED) is 0.927. The van der Waals surface area contributed by atoms with Gasteiger partial charge >= 0.3 is 10.3 Å². The molecule has 1 fully saturated rings. The summed E-state index contributed by atoms with van der Waals surface area (Å²) >= 11 is 0. The molecule has 2 unspecified atom stereocenters. The molecule has 0 radical (unpaired) electrons. The van der Waals surface area contributed by atoms with Gasteiger partial charge in [0.15, 0.2) is 0 Å². The van der Waals surface area contributed by atoms with Gasteiger partial charge in [0.05, 0.1) is 0 Å². The van der Waals surface area contributed by atoms with E-state index in [1.165, 1.54) is 0 Å². The molecule has 3 rings (SSSR count). The van der Waals surface area contributed by atoms with Gasteiger partial charge in [-0.25, -0.2) is 0 Å². The highest BCUT2D eigenvalue weighted by atomic mass is 32.2. The van der Waals surface area contributed by atoms with E-state index < -0.39 is 21.9 Å². The molecular formula is C16H17NO3S. The van der Waals surface area contributed by atoms with Crippen LogP contribution in [0.5, 0.6) is 0 Å². The Morgan fingerprint density at radius 1 is 1.00 bits per heavy atom. The Morgan fingerprint density at radius 3 is 2.10 bits per heavy atom. The van der Waals surface area contributed by atoms with Crippen LogP contribution in [0.4, 0.5) is 0 Å². The minimum atomic E-state index is -3.76. The summed E-state index contributed by atoms with van der Waals surface area (Å²) in [6.07, 6.45) is -0.535. The van der Waals surface area contributed by atoms with E-state index in [1.807, 2.05) is 61.5 Å². The Balaban J connectivity index is 2.24. The number of aryl methyl sites for hydroxylation is 1. The van der Waals surface area contributed by atoms with Crippen molar-refractivity contribution in [3.8, 4) is 0 Å². The summed E-state index contributed by atoms with van der Waals surface area (Å²) in [4.78, 5) is 0. The normalized spacial score (nSPS) is 27.6. The third kappa shape index (κ3) is 2.37. The van der Waals surface area contributed by atoms with Crippen LogP contribution in [-0.2, 0) is 20.0 Å². The first-order valence-electron chi connectivity index (χ1n) is 6.79. The van der Waals surface area contributed by atoms with Crippen molar-refractivity contribution in [3.05, 3.63) is 71.3 Å². The molecule has 0 saturated carbocycles. The number of nitrogens with one attached hydrogen (secondary N) is 1. The van der Waals surface area contributed by atoms with Crippen molar-refractivity contribution in [2.24, 2.45) is 0 Å². The summed E-state index contributed by atoms with van der Waals surface area (Å²) in [7, 11) is -3.76. The van der Waals surface area contributed by atoms with Crippen LogP contribution < -0.4 is 4.72 Å². The molecule has 5 heteroatoms. The summed E-state index contributed by atoms with van der Waals surface area (Å²) in [5.74, 6) is 0. The van der Waals surface area contributed by atoms with Crippen molar-refractivity contribution >= 4 is 10.3 Å². The maximum Gasteiger partial charge on any atom is 0.337 e. The first-order valence-corrected chi connectivity index (χ1v) is 8.20. The number of rotatable bonds is 2. The standard InChI is InChI=1S/C16H17NO3S/c1-12-8-10-15(11-9-12)16(14-6-4-3-5-7-14)13(2)20-21(18,19)17-16/h3-11,13,17H,1-2H3. The van der Waals surface area contributed by atoms with E-state index in [0.717, 1.165) is 16.7 Å². The van der Waals surface area contributed by atoms with Crippen LogP contribution >= 0.6 is 0 Å². The summed E-state index contributed by atoms with van der Waals surface area (Å²) in [6, 6.07) is 17.3. The predicted octanol–water partition coefficient (Wildman–Crippen LogP) is 2.49. The largest absolute Gasteiger partial charge is 0.337 e. The monoisotopic (exact) mass is 303 g/mol.